The van der Waals surface area contributed by atoms with Gasteiger partial charge in [-0.3, -0.25) is 0 Å². The van der Waals surface area contributed by atoms with Crippen molar-refractivity contribution >= 4 is 5.69 Å². The van der Waals surface area contributed by atoms with E-state index in [0.29, 0.717) is 16.8 Å². The molecule has 0 atom stereocenters. The van der Waals surface area contributed by atoms with Gasteiger partial charge in [0.15, 0.2) is 0 Å². The van der Waals surface area contributed by atoms with Gasteiger partial charge in [0, 0.05) is 17.3 Å². The zero-order valence-electron chi connectivity index (χ0n) is 8.80. The molecule has 0 spiro atoms. The van der Waals surface area contributed by atoms with Crippen molar-refractivity contribution in [1.29, 1.82) is 0 Å². The highest BCUT2D eigenvalue weighted by Crippen LogP contribution is 2.29. The summed E-state index contributed by atoms with van der Waals surface area (Å²) >= 11 is 0. The van der Waals surface area contributed by atoms with Crippen LogP contribution in [0.3, 0.4) is 0 Å². The second-order valence-corrected chi connectivity index (χ2v) is 3.64. The average molecular weight is 219 g/mol. The molecule has 0 aromatic heterocycles. The molecule has 0 amide bonds. The molecule has 0 unspecified atom stereocenters. The van der Waals surface area contributed by atoms with E-state index in [0.717, 1.165) is 11.6 Å². The number of hydrogen-bond acceptors (Lipinski definition) is 1. The molecule has 0 aliphatic rings. The van der Waals surface area contributed by atoms with Crippen LogP contribution in [0.15, 0.2) is 36.4 Å². The Hall–Kier alpha value is -1.90. The maximum Gasteiger partial charge on any atom is 0.133 e. The van der Waals surface area contributed by atoms with Crippen LogP contribution in [-0.4, -0.2) is 0 Å². The van der Waals surface area contributed by atoms with Gasteiger partial charge < -0.3 is 5.73 Å². The summed E-state index contributed by atoms with van der Waals surface area (Å²) in [4.78, 5) is 0. The second kappa shape index (κ2) is 3.93. The van der Waals surface area contributed by atoms with Gasteiger partial charge in [0.05, 0.1) is 0 Å². The first-order chi connectivity index (χ1) is 7.59. The maximum absolute atomic E-state index is 13.6. The molecule has 0 radical (unpaired) electrons. The molecule has 16 heavy (non-hydrogen) atoms. The van der Waals surface area contributed by atoms with Gasteiger partial charge in [-0.1, -0.05) is 12.1 Å². The van der Waals surface area contributed by atoms with E-state index in [-0.39, 0.29) is 0 Å². The molecule has 2 rings (SSSR count). The Bertz CT molecular complexity index is 535. The fourth-order valence-electron chi connectivity index (χ4n) is 1.65. The number of nitrogens with two attached hydrogens (primary N) is 1. The molecular formula is C13H11F2N. The van der Waals surface area contributed by atoms with Crippen LogP contribution >= 0.6 is 0 Å². The molecule has 0 bridgehead atoms. The zero-order chi connectivity index (χ0) is 11.7. The molecule has 0 fully saturated rings. The minimum Gasteiger partial charge on any atom is -0.398 e. The molecule has 0 saturated carbocycles. The molecule has 2 N–H and O–H groups in total. The van der Waals surface area contributed by atoms with Crippen LogP contribution in [-0.2, 0) is 0 Å². The molecule has 1 nitrogen and oxygen atoms in total. The third-order valence-electron chi connectivity index (χ3n) is 2.60. The van der Waals surface area contributed by atoms with Crippen LogP contribution in [0.25, 0.3) is 11.1 Å². The summed E-state index contributed by atoms with van der Waals surface area (Å²) in [5.74, 6) is -1.16. The highest BCUT2D eigenvalue weighted by molar-refractivity contribution is 5.73. The number of benzene rings is 2. The predicted molar refractivity (Wildman–Crippen MR) is 60.9 cm³/mol. The first-order valence-corrected chi connectivity index (χ1v) is 4.90. The molecule has 0 saturated heterocycles. The Morgan fingerprint density at radius 2 is 1.75 bits per heavy atom. The molecule has 0 aliphatic carbocycles. The molecule has 3 heteroatoms. The van der Waals surface area contributed by atoms with Crippen molar-refractivity contribution in [1.82, 2.24) is 0 Å². The summed E-state index contributed by atoms with van der Waals surface area (Å²) in [6, 6.07) is 8.80. The van der Waals surface area contributed by atoms with Crippen LogP contribution < -0.4 is 5.73 Å². The van der Waals surface area contributed by atoms with Gasteiger partial charge in [-0.05, 0) is 36.2 Å². The van der Waals surface area contributed by atoms with Gasteiger partial charge in [0.2, 0.25) is 0 Å². The minimum absolute atomic E-state index is 0.367. The monoisotopic (exact) mass is 219 g/mol. The molecule has 82 valence electrons. The summed E-state index contributed by atoms with van der Waals surface area (Å²) in [6.07, 6.45) is 0. The largest absolute Gasteiger partial charge is 0.398 e. The van der Waals surface area contributed by atoms with Crippen molar-refractivity contribution in [3.05, 3.63) is 53.6 Å². The van der Waals surface area contributed by atoms with Gasteiger partial charge in [-0.2, -0.15) is 0 Å². The minimum atomic E-state index is -0.581. The Morgan fingerprint density at radius 1 is 1.00 bits per heavy atom. The van der Waals surface area contributed by atoms with Crippen LogP contribution in [0.4, 0.5) is 14.5 Å². The van der Waals surface area contributed by atoms with Crippen molar-refractivity contribution in [2.75, 3.05) is 5.73 Å². The fourth-order valence-corrected chi connectivity index (χ4v) is 1.65. The lowest BCUT2D eigenvalue weighted by molar-refractivity contribution is 0.585. The zero-order valence-corrected chi connectivity index (χ0v) is 8.80. The summed E-state index contributed by atoms with van der Waals surface area (Å²) in [6.45, 7) is 1.81. The molecule has 0 heterocycles. The second-order valence-electron chi connectivity index (χ2n) is 3.64. The molecule has 0 aliphatic heterocycles. The van der Waals surface area contributed by atoms with E-state index in [1.807, 2.05) is 6.92 Å². The van der Waals surface area contributed by atoms with Crippen molar-refractivity contribution in [3.8, 4) is 11.1 Å². The van der Waals surface area contributed by atoms with Gasteiger partial charge in [-0.25, -0.2) is 8.78 Å². The number of rotatable bonds is 1. The lowest BCUT2D eigenvalue weighted by atomic mass is 9.99. The van der Waals surface area contributed by atoms with Gasteiger partial charge in [-0.15, -0.1) is 0 Å². The van der Waals surface area contributed by atoms with E-state index >= 15 is 0 Å². The van der Waals surface area contributed by atoms with Crippen molar-refractivity contribution in [3.63, 3.8) is 0 Å². The maximum atomic E-state index is 13.6. The molecule has 2 aromatic rings. The molecular weight excluding hydrogens is 208 g/mol. The number of halogens is 2. The Labute approximate surface area is 92.5 Å². The van der Waals surface area contributed by atoms with Gasteiger partial charge >= 0.3 is 0 Å². The van der Waals surface area contributed by atoms with E-state index in [1.165, 1.54) is 12.1 Å². The summed E-state index contributed by atoms with van der Waals surface area (Å²) in [7, 11) is 0. The quantitative estimate of drug-likeness (QED) is 0.729. The summed E-state index contributed by atoms with van der Waals surface area (Å²) in [5.41, 5.74) is 8.20. The topological polar surface area (TPSA) is 26.0 Å². The SMILES string of the molecule is Cc1c(N)cccc1-c1ccc(F)cc1F. The van der Waals surface area contributed by atoms with E-state index in [1.54, 1.807) is 18.2 Å². The summed E-state index contributed by atoms with van der Waals surface area (Å²) in [5, 5.41) is 0. The van der Waals surface area contributed by atoms with Crippen molar-refractivity contribution < 1.29 is 8.78 Å². The smallest absolute Gasteiger partial charge is 0.133 e. The first kappa shape index (κ1) is 10.6. The van der Waals surface area contributed by atoms with Gasteiger partial charge in [0.1, 0.15) is 11.6 Å². The summed E-state index contributed by atoms with van der Waals surface area (Å²) < 4.78 is 26.3. The Balaban J connectivity index is 2.63. The standard InChI is InChI=1S/C13H11F2N/c1-8-10(3-2-4-13(8)16)11-6-5-9(14)7-12(11)15/h2-7H,16H2,1H3. The van der Waals surface area contributed by atoms with E-state index in [9.17, 15) is 8.78 Å². The lowest BCUT2D eigenvalue weighted by Gasteiger charge is -2.09. The van der Waals surface area contributed by atoms with Crippen LogP contribution in [0.2, 0.25) is 0 Å². The molecule has 2 aromatic carbocycles. The van der Waals surface area contributed by atoms with E-state index in [4.69, 9.17) is 5.73 Å². The average Bonchev–Trinajstić information content (AvgIpc) is 2.23. The number of nitrogen functional groups attached to an aromatic ring is 1. The Morgan fingerprint density at radius 3 is 2.44 bits per heavy atom. The fraction of sp³-hybridized carbons (Fsp3) is 0.0769. The number of hydrogen-bond donors (Lipinski definition) is 1. The predicted octanol–water partition coefficient (Wildman–Crippen LogP) is 3.52. The normalized spacial score (nSPS) is 10.4. The third-order valence-corrected chi connectivity index (χ3v) is 2.60. The van der Waals surface area contributed by atoms with E-state index in [2.05, 4.69) is 0 Å². The highest BCUT2D eigenvalue weighted by Gasteiger charge is 2.09. The number of anilines is 1. The lowest BCUT2D eigenvalue weighted by Crippen LogP contribution is -1.94. The van der Waals surface area contributed by atoms with Crippen molar-refractivity contribution in [2.45, 2.75) is 6.92 Å². The van der Waals surface area contributed by atoms with Crippen LogP contribution in [0.5, 0.6) is 0 Å². The van der Waals surface area contributed by atoms with Crippen LogP contribution in [0, 0.1) is 18.6 Å². The third kappa shape index (κ3) is 1.76. The Kier molecular flexibility index (Phi) is 2.60. The highest BCUT2D eigenvalue weighted by atomic mass is 19.1. The van der Waals surface area contributed by atoms with E-state index < -0.39 is 11.6 Å². The van der Waals surface area contributed by atoms with Gasteiger partial charge in [0.25, 0.3) is 0 Å². The first-order valence-electron chi connectivity index (χ1n) is 4.90. The van der Waals surface area contributed by atoms with Crippen LogP contribution in [0.1, 0.15) is 5.56 Å². The van der Waals surface area contributed by atoms with Crippen molar-refractivity contribution in [2.24, 2.45) is 0 Å².